The molecule has 2 aromatic rings. The van der Waals surface area contributed by atoms with E-state index in [-0.39, 0.29) is 24.0 Å². The summed E-state index contributed by atoms with van der Waals surface area (Å²) >= 11 is 0. The lowest BCUT2D eigenvalue weighted by molar-refractivity contribution is 0.110. The van der Waals surface area contributed by atoms with E-state index >= 15 is 0 Å². The summed E-state index contributed by atoms with van der Waals surface area (Å²) in [5.74, 6) is 2.46. The molecule has 162 valence electrons. The van der Waals surface area contributed by atoms with Crippen molar-refractivity contribution in [3.63, 3.8) is 0 Å². The largest absolute Gasteiger partial charge is 0.491 e. The second-order valence-corrected chi connectivity index (χ2v) is 6.24. The number of hydrogen-bond donors (Lipinski definition) is 2. The number of hydrogen-bond acceptors (Lipinski definition) is 5. The average Bonchev–Trinajstić information content (AvgIpc) is 3.16. The van der Waals surface area contributed by atoms with Gasteiger partial charge in [0.2, 0.25) is 0 Å². The second kappa shape index (κ2) is 14.2. The smallest absolute Gasteiger partial charge is 0.191 e. The minimum Gasteiger partial charge on any atom is -0.491 e. The van der Waals surface area contributed by atoms with Gasteiger partial charge in [-0.05, 0) is 39.3 Å². The van der Waals surface area contributed by atoms with Gasteiger partial charge in [0.1, 0.15) is 18.7 Å². The maximum atomic E-state index is 5.90. The minimum absolute atomic E-state index is 0. The van der Waals surface area contributed by atoms with Crippen LogP contribution in [0.4, 0.5) is 0 Å². The molecule has 2 rings (SSSR count). The number of aryl methyl sites for hydroxylation is 2. The molecule has 0 aliphatic rings. The summed E-state index contributed by atoms with van der Waals surface area (Å²) in [7, 11) is 0. The number of benzene rings is 1. The van der Waals surface area contributed by atoms with E-state index in [2.05, 4.69) is 46.8 Å². The monoisotopic (exact) mass is 516 g/mol. The molecule has 0 bridgehead atoms. The molecule has 0 saturated carbocycles. The van der Waals surface area contributed by atoms with Gasteiger partial charge in [-0.1, -0.05) is 12.1 Å². The van der Waals surface area contributed by atoms with Gasteiger partial charge < -0.3 is 24.7 Å². The third-order valence-electron chi connectivity index (χ3n) is 4.11. The van der Waals surface area contributed by atoms with Crippen LogP contribution >= 0.6 is 24.0 Å². The Balaban J connectivity index is 0.00000420. The van der Waals surface area contributed by atoms with Crippen molar-refractivity contribution in [2.24, 2.45) is 4.99 Å². The maximum absolute atomic E-state index is 5.90. The van der Waals surface area contributed by atoms with Crippen LogP contribution in [0.5, 0.6) is 5.75 Å². The fraction of sp³-hybridized carbons (Fsp3) is 0.550. The van der Waals surface area contributed by atoms with Gasteiger partial charge in [-0.3, -0.25) is 0 Å². The zero-order chi connectivity index (χ0) is 20.2. The Morgan fingerprint density at radius 1 is 1.17 bits per heavy atom. The van der Waals surface area contributed by atoms with E-state index in [0.717, 1.165) is 41.7 Å². The van der Waals surface area contributed by atoms with Crippen molar-refractivity contribution in [3.8, 4) is 5.75 Å². The summed E-state index contributed by atoms with van der Waals surface area (Å²) in [4.78, 5) is 4.70. The Bertz CT molecular complexity index is 750. The Morgan fingerprint density at radius 2 is 2.00 bits per heavy atom. The van der Waals surface area contributed by atoms with E-state index in [1.165, 1.54) is 0 Å². The Hall–Kier alpha value is -1.88. The Morgan fingerprint density at radius 3 is 2.72 bits per heavy atom. The van der Waals surface area contributed by atoms with Crippen LogP contribution < -0.4 is 15.4 Å². The normalized spacial score (nSPS) is 11.1. The summed E-state index contributed by atoms with van der Waals surface area (Å²) in [5.41, 5.74) is 2.19. The van der Waals surface area contributed by atoms with E-state index in [9.17, 15) is 0 Å². The topological polar surface area (TPSA) is 85.6 Å². The molecule has 29 heavy (non-hydrogen) atoms. The fourth-order valence-electron chi connectivity index (χ4n) is 2.63. The summed E-state index contributed by atoms with van der Waals surface area (Å²) in [6.07, 6.45) is 1.74. The lowest BCUT2D eigenvalue weighted by Gasteiger charge is -2.14. The van der Waals surface area contributed by atoms with Gasteiger partial charge >= 0.3 is 0 Å². The molecule has 8 nitrogen and oxygen atoms in total. The molecular weight excluding hydrogens is 483 g/mol. The van der Waals surface area contributed by atoms with Crippen molar-refractivity contribution in [1.82, 2.24) is 25.4 Å². The molecule has 0 aliphatic heterocycles. The second-order valence-electron chi connectivity index (χ2n) is 6.24. The zero-order valence-corrected chi connectivity index (χ0v) is 20.1. The van der Waals surface area contributed by atoms with Gasteiger partial charge in [0.15, 0.2) is 11.8 Å². The molecule has 0 amide bonds. The summed E-state index contributed by atoms with van der Waals surface area (Å²) in [5, 5.41) is 14.7. The average molecular weight is 516 g/mol. The van der Waals surface area contributed by atoms with Crippen LogP contribution in [0.15, 0.2) is 29.5 Å². The molecule has 0 spiro atoms. The molecule has 0 fully saturated rings. The fourth-order valence-corrected chi connectivity index (χ4v) is 2.63. The first-order valence-corrected chi connectivity index (χ1v) is 9.86. The van der Waals surface area contributed by atoms with Crippen LogP contribution in [-0.4, -0.2) is 47.1 Å². The maximum Gasteiger partial charge on any atom is 0.191 e. The van der Waals surface area contributed by atoms with E-state index in [4.69, 9.17) is 14.5 Å². The Kier molecular flexibility index (Phi) is 12.3. The number of rotatable bonds is 11. The molecule has 0 unspecified atom stereocenters. The third kappa shape index (κ3) is 8.57. The highest BCUT2D eigenvalue weighted by molar-refractivity contribution is 14.0. The van der Waals surface area contributed by atoms with E-state index < -0.39 is 0 Å². The predicted octanol–water partition coefficient (Wildman–Crippen LogP) is 2.90. The Labute approximate surface area is 190 Å². The van der Waals surface area contributed by atoms with Gasteiger partial charge in [0, 0.05) is 25.3 Å². The van der Waals surface area contributed by atoms with Crippen molar-refractivity contribution in [1.29, 1.82) is 0 Å². The highest BCUT2D eigenvalue weighted by Gasteiger charge is 2.07. The summed E-state index contributed by atoms with van der Waals surface area (Å²) < 4.78 is 13.3. The number of halogens is 1. The predicted molar refractivity (Wildman–Crippen MR) is 126 cm³/mol. The molecule has 0 atom stereocenters. The first-order chi connectivity index (χ1) is 13.7. The van der Waals surface area contributed by atoms with Crippen molar-refractivity contribution in [3.05, 3.63) is 41.5 Å². The van der Waals surface area contributed by atoms with Gasteiger partial charge in [-0.25, -0.2) is 4.99 Å². The van der Waals surface area contributed by atoms with Gasteiger partial charge in [-0.2, -0.15) is 0 Å². The molecule has 0 aliphatic carbocycles. The number of guanidine groups is 1. The number of aliphatic imine (C=N–C) groups is 1. The lowest BCUT2D eigenvalue weighted by atomic mass is 10.1. The number of ether oxygens (including phenoxy) is 2. The highest BCUT2D eigenvalue weighted by Crippen LogP contribution is 2.21. The van der Waals surface area contributed by atoms with E-state index in [1.807, 2.05) is 24.5 Å². The molecule has 2 N–H and O–H groups in total. The van der Waals surface area contributed by atoms with Crippen molar-refractivity contribution < 1.29 is 9.47 Å². The summed E-state index contributed by atoms with van der Waals surface area (Å²) in [6, 6.07) is 6.18. The van der Waals surface area contributed by atoms with Gasteiger partial charge in [-0.15, -0.1) is 34.2 Å². The van der Waals surface area contributed by atoms with Crippen LogP contribution in [0.25, 0.3) is 0 Å². The van der Waals surface area contributed by atoms with Crippen LogP contribution in [0.2, 0.25) is 0 Å². The van der Waals surface area contributed by atoms with Crippen LogP contribution in [0.1, 0.15) is 37.7 Å². The van der Waals surface area contributed by atoms with Crippen LogP contribution in [-0.2, 0) is 24.4 Å². The lowest BCUT2D eigenvalue weighted by Crippen LogP contribution is -2.37. The van der Waals surface area contributed by atoms with E-state index in [1.54, 1.807) is 6.33 Å². The number of aromatic nitrogens is 3. The molecule has 0 saturated heterocycles. The zero-order valence-electron chi connectivity index (χ0n) is 17.8. The van der Waals surface area contributed by atoms with Gasteiger partial charge in [0.25, 0.3) is 0 Å². The third-order valence-corrected chi connectivity index (χ3v) is 4.11. The van der Waals surface area contributed by atoms with Crippen molar-refractivity contribution in [2.75, 3.05) is 26.4 Å². The number of nitrogens with zero attached hydrogens (tertiary/aromatic N) is 4. The highest BCUT2D eigenvalue weighted by atomic mass is 127. The quantitative estimate of drug-likeness (QED) is 0.207. The first kappa shape index (κ1) is 25.2. The number of nitrogens with one attached hydrogen (secondary N) is 2. The molecule has 1 heterocycles. The molecule has 0 radical (unpaired) electrons. The standard InChI is InChI=1S/C20H32N6O2.HI/c1-5-21-20(23-14-19-25-24-15-26(19)6-2)22-13-17-9-8-16(4)12-18(17)28-11-10-27-7-3;/h8-9,12,15H,5-7,10-11,13-14H2,1-4H3,(H2,21,22,23);1H. The molecular formula is C20H33IN6O2. The first-order valence-electron chi connectivity index (χ1n) is 9.86. The molecule has 1 aromatic carbocycles. The van der Waals surface area contributed by atoms with Crippen LogP contribution in [0, 0.1) is 6.92 Å². The van der Waals surface area contributed by atoms with Crippen LogP contribution in [0.3, 0.4) is 0 Å². The SMILES string of the molecule is CCNC(=NCc1ccc(C)cc1OCCOCC)NCc1nncn1CC.I. The van der Waals surface area contributed by atoms with Gasteiger partial charge in [0.05, 0.1) is 19.7 Å². The van der Waals surface area contributed by atoms with Crippen molar-refractivity contribution in [2.45, 2.75) is 47.3 Å². The minimum atomic E-state index is 0. The summed E-state index contributed by atoms with van der Waals surface area (Å²) in [6.45, 7) is 12.6. The van der Waals surface area contributed by atoms with Crippen molar-refractivity contribution >= 4 is 29.9 Å². The van der Waals surface area contributed by atoms with E-state index in [0.29, 0.717) is 32.9 Å². The molecule has 1 aromatic heterocycles. The molecule has 9 heteroatoms.